The summed E-state index contributed by atoms with van der Waals surface area (Å²) < 4.78 is 19.2. The molecule has 3 heterocycles. The first kappa shape index (κ1) is 24.2. The summed E-state index contributed by atoms with van der Waals surface area (Å²) in [4.78, 5) is 32.0. The number of pyridine rings is 1. The van der Waals surface area contributed by atoms with Crippen molar-refractivity contribution in [2.75, 3.05) is 48.8 Å². The summed E-state index contributed by atoms with van der Waals surface area (Å²) in [6, 6.07) is 11.3. The van der Waals surface area contributed by atoms with E-state index in [0.717, 1.165) is 29.4 Å². The third kappa shape index (κ3) is 6.35. The van der Waals surface area contributed by atoms with Crippen molar-refractivity contribution in [3.8, 4) is 5.88 Å². The van der Waals surface area contributed by atoms with Gasteiger partial charge in [0.1, 0.15) is 12.4 Å². The Labute approximate surface area is 207 Å². The first-order valence-electron chi connectivity index (χ1n) is 11.2. The number of benzene rings is 1. The van der Waals surface area contributed by atoms with Crippen molar-refractivity contribution < 1.29 is 19.1 Å². The lowest BCUT2D eigenvalue weighted by Crippen LogP contribution is -2.50. The van der Waals surface area contributed by atoms with E-state index in [1.165, 1.54) is 12.7 Å². The van der Waals surface area contributed by atoms with Gasteiger partial charge in [0.05, 0.1) is 18.8 Å². The van der Waals surface area contributed by atoms with Gasteiger partial charge in [0.25, 0.3) is 5.88 Å². The average Bonchev–Trinajstić information content (AvgIpc) is 3.36. The number of nitrogens with zero attached hydrogens (tertiary/aromatic N) is 5. The van der Waals surface area contributed by atoms with Crippen molar-refractivity contribution in [1.82, 2.24) is 18.6 Å². The fourth-order valence-electron chi connectivity index (χ4n) is 3.59. The molecule has 11 nitrogen and oxygen atoms in total. The van der Waals surface area contributed by atoms with E-state index >= 15 is 0 Å². The van der Waals surface area contributed by atoms with Crippen LogP contribution in [0.1, 0.15) is 18.1 Å². The van der Waals surface area contributed by atoms with Gasteiger partial charge in [-0.2, -0.15) is 4.37 Å². The van der Waals surface area contributed by atoms with Gasteiger partial charge in [0.15, 0.2) is 0 Å². The predicted molar refractivity (Wildman–Crippen MR) is 133 cm³/mol. The lowest BCUT2D eigenvalue weighted by atomic mass is 10.1. The SMILES string of the molecule is CCc1cccc(NC(=O)N2CCN(c3nsnc3OCc3ccnc(NC(=O)OC)c3)CC2)c1. The Bertz CT molecular complexity index is 1160. The van der Waals surface area contributed by atoms with Gasteiger partial charge in [-0.1, -0.05) is 19.1 Å². The Balaban J connectivity index is 1.30. The summed E-state index contributed by atoms with van der Waals surface area (Å²) in [6.07, 6.45) is 1.90. The van der Waals surface area contributed by atoms with Crippen LogP contribution in [0.3, 0.4) is 0 Å². The number of nitrogens with one attached hydrogen (secondary N) is 2. The van der Waals surface area contributed by atoms with Crippen molar-refractivity contribution in [2.45, 2.75) is 20.0 Å². The maximum absolute atomic E-state index is 12.7. The number of carbonyl (C=O) groups is 2. The molecule has 1 saturated heterocycles. The summed E-state index contributed by atoms with van der Waals surface area (Å²) in [5, 5.41) is 5.51. The Morgan fingerprint density at radius 2 is 1.89 bits per heavy atom. The Morgan fingerprint density at radius 1 is 1.06 bits per heavy atom. The van der Waals surface area contributed by atoms with E-state index in [0.29, 0.717) is 43.7 Å². The van der Waals surface area contributed by atoms with E-state index in [1.54, 1.807) is 23.2 Å². The van der Waals surface area contributed by atoms with Gasteiger partial charge in [-0.15, -0.1) is 4.37 Å². The molecule has 0 spiro atoms. The second kappa shape index (κ2) is 11.5. The zero-order valence-electron chi connectivity index (χ0n) is 19.6. The number of hydrogen-bond donors (Lipinski definition) is 2. The lowest BCUT2D eigenvalue weighted by Gasteiger charge is -2.34. The maximum Gasteiger partial charge on any atom is 0.412 e. The van der Waals surface area contributed by atoms with E-state index < -0.39 is 6.09 Å². The molecule has 2 N–H and O–H groups in total. The fourth-order valence-corrected chi connectivity index (χ4v) is 4.11. The number of piperazine rings is 1. The fraction of sp³-hybridized carbons (Fsp3) is 0.348. The molecule has 0 bridgehead atoms. The molecule has 0 radical (unpaired) electrons. The molecule has 35 heavy (non-hydrogen) atoms. The van der Waals surface area contributed by atoms with Crippen molar-refractivity contribution in [3.05, 3.63) is 53.7 Å². The summed E-state index contributed by atoms with van der Waals surface area (Å²) in [6.45, 7) is 4.67. The van der Waals surface area contributed by atoms with Crippen LogP contribution < -0.4 is 20.3 Å². The van der Waals surface area contributed by atoms with Crippen molar-refractivity contribution in [1.29, 1.82) is 0 Å². The molecule has 12 heteroatoms. The smallest absolute Gasteiger partial charge is 0.412 e. The van der Waals surface area contributed by atoms with Crippen molar-refractivity contribution in [3.63, 3.8) is 0 Å². The first-order valence-corrected chi connectivity index (χ1v) is 11.9. The van der Waals surface area contributed by atoms with Crippen LogP contribution in [-0.4, -0.2) is 64.0 Å². The lowest BCUT2D eigenvalue weighted by molar-refractivity contribution is 0.186. The molecule has 4 rings (SSSR count). The molecule has 0 saturated carbocycles. The third-order valence-electron chi connectivity index (χ3n) is 5.51. The maximum atomic E-state index is 12.7. The molecule has 3 amide bonds. The highest BCUT2D eigenvalue weighted by Crippen LogP contribution is 2.27. The largest absolute Gasteiger partial charge is 0.470 e. The van der Waals surface area contributed by atoms with Gasteiger partial charge < -0.3 is 24.6 Å². The van der Waals surface area contributed by atoms with E-state index in [1.807, 2.05) is 24.3 Å². The molecule has 0 aliphatic carbocycles. The minimum absolute atomic E-state index is 0.111. The molecule has 3 aromatic rings. The molecular formula is C23H27N7O4S. The van der Waals surface area contributed by atoms with Crippen LogP contribution in [0.4, 0.5) is 26.9 Å². The van der Waals surface area contributed by atoms with Gasteiger partial charge in [0, 0.05) is 38.1 Å². The number of carbonyl (C=O) groups excluding carboxylic acids is 2. The van der Waals surface area contributed by atoms with Crippen molar-refractivity contribution >= 4 is 41.2 Å². The monoisotopic (exact) mass is 497 g/mol. The molecule has 184 valence electrons. The van der Waals surface area contributed by atoms with E-state index in [-0.39, 0.29) is 12.6 Å². The number of amides is 3. The third-order valence-corrected chi connectivity index (χ3v) is 6.01. The van der Waals surface area contributed by atoms with E-state index in [9.17, 15) is 9.59 Å². The molecule has 1 aliphatic rings. The molecule has 1 aromatic carbocycles. The summed E-state index contributed by atoms with van der Waals surface area (Å²) in [5.41, 5.74) is 2.79. The topological polar surface area (TPSA) is 122 Å². The number of anilines is 3. The number of aryl methyl sites for hydroxylation is 1. The van der Waals surface area contributed by atoms with Crippen LogP contribution in [0, 0.1) is 0 Å². The zero-order valence-corrected chi connectivity index (χ0v) is 20.4. The highest BCUT2D eigenvalue weighted by Gasteiger charge is 2.25. The Hall–Kier alpha value is -3.93. The first-order chi connectivity index (χ1) is 17.1. The Kier molecular flexibility index (Phi) is 7.93. The van der Waals surface area contributed by atoms with E-state index in [4.69, 9.17) is 4.74 Å². The molecule has 0 atom stereocenters. The van der Waals surface area contributed by atoms with Gasteiger partial charge in [0.2, 0.25) is 5.82 Å². The van der Waals surface area contributed by atoms with Crippen LogP contribution >= 0.6 is 11.7 Å². The molecule has 1 aliphatic heterocycles. The minimum atomic E-state index is -0.594. The number of rotatable bonds is 7. The average molecular weight is 498 g/mol. The van der Waals surface area contributed by atoms with Crippen LogP contribution in [0.5, 0.6) is 5.88 Å². The van der Waals surface area contributed by atoms with Crippen LogP contribution in [0.15, 0.2) is 42.6 Å². The molecule has 2 aromatic heterocycles. The summed E-state index contributed by atoms with van der Waals surface area (Å²) in [7, 11) is 1.29. The highest BCUT2D eigenvalue weighted by molar-refractivity contribution is 6.99. The molecule has 0 unspecified atom stereocenters. The van der Waals surface area contributed by atoms with Crippen LogP contribution in [-0.2, 0) is 17.8 Å². The number of methoxy groups -OCH3 is 1. The zero-order chi connectivity index (χ0) is 24.6. The predicted octanol–water partition coefficient (Wildman–Crippen LogP) is 3.61. The second-order valence-electron chi connectivity index (χ2n) is 7.81. The standard InChI is InChI=1S/C23H27N7O4S/c1-3-16-5-4-6-18(13-16)25-22(31)30-11-9-29(10-12-30)20-21(28-35-27-20)34-15-17-7-8-24-19(14-17)26-23(32)33-2/h4-8,13-14H,3,9-12,15H2,1-2H3,(H,25,31)(H,24,26,32). The second-order valence-corrected chi connectivity index (χ2v) is 8.33. The number of ether oxygens (including phenoxy) is 2. The quantitative estimate of drug-likeness (QED) is 0.508. The Morgan fingerprint density at radius 3 is 2.66 bits per heavy atom. The highest BCUT2D eigenvalue weighted by atomic mass is 32.1. The van der Waals surface area contributed by atoms with Gasteiger partial charge in [-0.3, -0.25) is 5.32 Å². The summed E-state index contributed by atoms with van der Waals surface area (Å²) >= 11 is 1.08. The molecule has 1 fully saturated rings. The molecular weight excluding hydrogens is 470 g/mol. The van der Waals surface area contributed by atoms with E-state index in [2.05, 4.69) is 40.9 Å². The van der Waals surface area contributed by atoms with Gasteiger partial charge in [-0.05, 0) is 41.8 Å². The van der Waals surface area contributed by atoms with Gasteiger partial charge in [-0.25, -0.2) is 14.6 Å². The van der Waals surface area contributed by atoms with Gasteiger partial charge >= 0.3 is 12.1 Å². The number of urea groups is 1. The normalized spacial score (nSPS) is 13.3. The van der Waals surface area contributed by atoms with Crippen molar-refractivity contribution in [2.24, 2.45) is 0 Å². The number of hydrogen-bond acceptors (Lipinski definition) is 9. The number of aromatic nitrogens is 3. The van der Waals surface area contributed by atoms with Crippen LogP contribution in [0.25, 0.3) is 0 Å². The summed E-state index contributed by atoms with van der Waals surface area (Å²) in [5.74, 6) is 1.46. The minimum Gasteiger partial charge on any atom is -0.470 e. The van der Waals surface area contributed by atoms with Crippen LogP contribution in [0.2, 0.25) is 0 Å².